The van der Waals surface area contributed by atoms with Gasteiger partial charge in [0, 0.05) is 16.5 Å². The zero-order valence-electron chi connectivity index (χ0n) is 13.7. The molecule has 106 valence electrons. The summed E-state index contributed by atoms with van der Waals surface area (Å²) in [6.07, 6.45) is 0. The lowest BCUT2D eigenvalue weighted by molar-refractivity contribution is 0.0703. The molecule has 0 N–H and O–H groups in total. The maximum absolute atomic E-state index is 6.39. The smallest absolute Gasteiger partial charge is 0.127 e. The van der Waals surface area contributed by atoms with Crippen molar-refractivity contribution in [2.75, 3.05) is 0 Å². The Bertz CT molecular complexity index is 493. The fraction of sp³-hybridized carbons (Fsp3) is 0.667. The maximum atomic E-state index is 6.39. The second kappa shape index (κ2) is 4.26. The van der Waals surface area contributed by atoms with Gasteiger partial charge in [-0.25, -0.2) is 0 Å². The number of hydrogen-bond acceptors (Lipinski definition) is 1. The van der Waals surface area contributed by atoms with E-state index in [1.807, 2.05) is 0 Å². The highest BCUT2D eigenvalue weighted by molar-refractivity contribution is 5.56. The normalized spacial score (nSPS) is 19.7. The molecule has 1 aromatic rings. The summed E-state index contributed by atoms with van der Waals surface area (Å²) in [4.78, 5) is 0. The molecule has 2 rings (SSSR count). The molecule has 0 aromatic heterocycles. The van der Waals surface area contributed by atoms with Crippen molar-refractivity contribution in [2.24, 2.45) is 0 Å². The molecule has 1 heteroatoms. The Morgan fingerprint density at radius 3 is 1.95 bits per heavy atom. The molecule has 1 heterocycles. The van der Waals surface area contributed by atoms with Gasteiger partial charge < -0.3 is 4.74 Å². The van der Waals surface area contributed by atoms with Gasteiger partial charge in [0.2, 0.25) is 0 Å². The van der Waals surface area contributed by atoms with Crippen LogP contribution in [-0.4, -0.2) is 5.60 Å². The zero-order valence-corrected chi connectivity index (χ0v) is 13.7. The second-order valence-electron chi connectivity index (χ2n) is 7.49. The van der Waals surface area contributed by atoms with Crippen LogP contribution < -0.4 is 4.74 Å². The van der Waals surface area contributed by atoms with E-state index in [0.717, 1.165) is 5.75 Å². The molecule has 0 saturated heterocycles. The summed E-state index contributed by atoms with van der Waals surface area (Å²) in [6, 6.07) is 4.59. The van der Waals surface area contributed by atoms with Crippen LogP contribution in [0.2, 0.25) is 0 Å². The van der Waals surface area contributed by atoms with E-state index in [0.29, 0.717) is 11.8 Å². The average Bonchev–Trinajstić information content (AvgIpc) is 2.43. The van der Waals surface area contributed by atoms with Crippen LogP contribution in [0, 0.1) is 0 Å². The Labute approximate surface area is 118 Å². The van der Waals surface area contributed by atoms with Gasteiger partial charge in [0.25, 0.3) is 0 Å². The van der Waals surface area contributed by atoms with Crippen LogP contribution in [0.1, 0.15) is 83.9 Å². The second-order valence-corrected chi connectivity index (χ2v) is 7.49. The monoisotopic (exact) mass is 260 g/mol. The van der Waals surface area contributed by atoms with Crippen molar-refractivity contribution >= 4 is 0 Å². The fourth-order valence-corrected chi connectivity index (χ4v) is 3.02. The Kier molecular flexibility index (Phi) is 3.24. The first-order valence-corrected chi connectivity index (χ1v) is 7.46. The van der Waals surface area contributed by atoms with Gasteiger partial charge >= 0.3 is 0 Å². The van der Waals surface area contributed by atoms with Gasteiger partial charge in [-0.15, -0.1) is 0 Å². The van der Waals surface area contributed by atoms with Gasteiger partial charge in [-0.2, -0.15) is 0 Å². The van der Waals surface area contributed by atoms with Crippen molar-refractivity contribution in [1.29, 1.82) is 0 Å². The lowest BCUT2D eigenvalue weighted by atomic mass is 9.72. The highest BCUT2D eigenvalue weighted by Crippen LogP contribution is 2.52. The van der Waals surface area contributed by atoms with Gasteiger partial charge in [0.15, 0.2) is 0 Å². The molecule has 1 aliphatic rings. The number of benzene rings is 1. The molecule has 0 spiro atoms. The zero-order chi connectivity index (χ0) is 14.6. The van der Waals surface area contributed by atoms with Crippen molar-refractivity contribution < 1.29 is 4.74 Å². The Morgan fingerprint density at radius 1 is 0.895 bits per heavy atom. The first-order chi connectivity index (χ1) is 8.59. The van der Waals surface area contributed by atoms with Crippen molar-refractivity contribution in [3.63, 3.8) is 0 Å². The minimum atomic E-state index is -0.144. The fourth-order valence-electron chi connectivity index (χ4n) is 3.02. The number of hydrogen-bond donors (Lipinski definition) is 0. The largest absolute Gasteiger partial charge is 0.486 e. The van der Waals surface area contributed by atoms with Crippen LogP contribution in [-0.2, 0) is 5.41 Å². The number of rotatable bonds is 2. The predicted octanol–water partition coefficient (Wildman–Crippen LogP) is 5.38. The third kappa shape index (κ3) is 1.98. The summed E-state index contributed by atoms with van der Waals surface area (Å²) >= 11 is 0. The van der Waals surface area contributed by atoms with Crippen LogP contribution >= 0.6 is 0 Å². The SMILES string of the molecule is CC(C)c1ccc2c(c1C(C)C)OC(C)(C)C2(C)C. The van der Waals surface area contributed by atoms with E-state index in [1.54, 1.807) is 0 Å². The van der Waals surface area contributed by atoms with Crippen LogP contribution in [0.3, 0.4) is 0 Å². The van der Waals surface area contributed by atoms with Crippen molar-refractivity contribution in [2.45, 2.75) is 78.2 Å². The van der Waals surface area contributed by atoms with Crippen LogP contribution in [0.25, 0.3) is 0 Å². The summed E-state index contributed by atoms with van der Waals surface area (Å²) in [7, 11) is 0. The van der Waals surface area contributed by atoms with E-state index in [1.165, 1.54) is 16.7 Å². The molecule has 0 amide bonds. The van der Waals surface area contributed by atoms with Crippen molar-refractivity contribution in [3.05, 3.63) is 28.8 Å². The van der Waals surface area contributed by atoms with Gasteiger partial charge in [0.05, 0.1) is 0 Å². The first-order valence-electron chi connectivity index (χ1n) is 7.46. The number of ether oxygens (including phenoxy) is 1. The van der Waals surface area contributed by atoms with E-state index in [9.17, 15) is 0 Å². The summed E-state index contributed by atoms with van der Waals surface area (Å²) in [5.74, 6) is 2.19. The third-order valence-electron chi connectivity index (χ3n) is 4.96. The maximum Gasteiger partial charge on any atom is 0.127 e. The molecule has 1 nitrogen and oxygen atoms in total. The van der Waals surface area contributed by atoms with Crippen molar-refractivity contribution in [1.82, 2.24) is 0 Å². The van der Waals surface area contributed by atoms with E-state index in [-0.39, 0.29) is 11.0 Å². The minimum absolute atomic E-state index is 0.0570. The summed E-state index contributed by atoms with van der Waals surface area (Å²) in [5, 5.41) is 0. The highest BCUT2D eigenvalue weighted by Gasteiger charge is 2.49. The van der Waals surface area contributed by atoms with Crippen molar-refractivity contribution in [3.8, 4) is 5.75 Å². The van der Waals surface area contributed by atoms with Gasteiger partial charge in [-0.3, -0.25) is 0 Å². The van der Waals surface area contributed by atoms with E-state index in [4.69, 9.17) is 4.74 Å². The Hall–Kier alpha value is -0.980. The molecule has 0 aliphatic carbocycles. The first kappa shape index (κ1) is 14.4. The van der Waals surface area contributed by atoms with E-state index in [2.05, 4.69) is 67.5 Å². The molecule has 0 saturated carbocycles. The van der Waals surface area contributed by atoms with Gasteiger partial charge in [-0.1, -0.05) is 53.7 Å². The van der Waals surface area contributed by atoms with Crippen LogP contribution in [0.15, 0.2) is 12.1 Å². The van der Waals surface area contributed by atoms with E-state index < -0.39 is 0 Å². The van der Waals surface area contributed by atoms with Crippen LogP contribution in [0.5, 0.6) is 5.75 Å². The predicted molar refractivity (Wildman–Crippen MR) is 82.4 cm³/mol. The van der Waals surface area contributed by atoms with E-state index >= 15 is 0 Å². The quantitative estimate of drug-likeness (QED) is 0.693. The summed E-state index contributed by atoms with van der Waals surface area (Å²) < 4.78 is 6.39. The molecule has 0 atom stereocenters. The molecule has 1 aromatic carbocycles. The lowest BCUT2D eigenvalue weighted by Crippen LogP contribution is -2.41. The average molecular weight is 260 g/mol. The summed E-state index contributed by atoms with van der Waals surface area (Å²) in [5.41, 5.74) is 4.12. The standard InChI is InChI=1S/C18H28O/c1-11(2)13-9-10-14-16(15(13)12(3)4)19-18(7,8)17(14,5)6/h9-12H,1-8H3. The molecular formula is C18H28O. The third-order valence-corrected chi connectivity index (χ3v) is 4.96. The number of fused-ring (bicyclic) bond motifs is 1. The molecule has 0 unspecified atom stereocenters. The van der Waals surface area contributed by atoms with Gasteiger partial charge in [-0.05, 0) is 31.2 Å². The van der Waals surface area contributed by atoms with Crippen LogP contribution in [0.4, 0.5) is 0 Å². The minimum Gasteiger partial charge on any atom is -0.486 e. The molecule has 0 bridgehead atoms. The Balaban J connectivity index is 2.72. The molecule has 0 radical (unpaired) electrons. The van der Waals surface area contributed by atoms with Gasteiger partial charge in [0.1, 0.15) is 11.4 Å². The molecule has 19 heavy (non-hydrogen) atoms. The molecule has 1 aliphatic heterocycles. The topological polar surface area (TPSA) is 9.23 Å². The Morgan fingerprint density at radius 2 is 1.47 bits per heavy atom. The molecule has 0 fully saturated rings. The molecular weight excluding hydrogens is 232 g/mol. The highest BCUT2D eigenvalue weighted by atomic mass is 16.5. The lowest BCUT2D eigenvalue weighted by Gasteiger charge is -2.33. The summed E-state index contributed by atoms with van der Waals surface area (Å²) in [6.45, 7) is 18.0.